The van der Waals surface area contributed by atoms with Gasteiger partial charge in [0.2, 0.25) is 5.11 Å². The monoisotopic (exact) mass is 210 g/mol. The van der Waals surface area contributed by atoms with Gasteiger partial charge in [-0.15, -0.1) is 20.4 Å². The van der Waals surface area contributed by atoms with E-state index in [1.165, 1.54) is 34.7 Å². The molecule has 2 N–H and O–H groups in total. The van der Waals surface area contributed by atoms with E-state index in [1.54, 1.807) is 0 Å². The van der Waals surface area contributed by atoms with Crippen molar-refractivity contribution in [3.05, 3.63) is 25.3 Å². The Morgan fingerprint density at radius 3 is 1.57 bits per heavy atom. The first kappa shape index (κ1) is 8.56. The Morgan fingerprint density at radius 2 is 1.21 bits per heavy atom. The summed E-state index contributed by atoms with van der Waals surface area (Å²) in [7, 11) is 0. The minimum absolute atomic E-state index is 0.379. The van der Waals surface area contributed by atoms with Crippen LogP contribution in [0.25, 0.3) is 0 Å². The Labute approximate surface area is 83.9 Å². The highest BCUT2D eigenvalue weighted by Gasteiger charge is 1.96. The van der Waals surface area contributed by atoms with Crippen LogP contribution in [0.2, 0.25) is 0 Å². The van der Waals surface area contributed by atoms with Gasteiger partial charge in [-0.25, -0.2) is 9.35 Å². The fourth-order valence-corrected chi connectivity index (χ4v) is 0.987. The third-order valence-corrected chi connectivity index (χ3v) is 1.48. The zero-order valence-corrected chi connectivity index (χ0v) is 7.72. The van der Waals surface area contributed by atoms with Crippen LogP contribution in [-0.4, -0.2) is 34.9 Å². The minimum Gasteiger partial charge on any atom is -0.266 e. The number of thiocarbonyl (C=S) groups is 1. The molecule has 0 amide bonds. The molecule has 0 aliphatic carbocycles. The number of nitrogens with one attached hydrogen (secondary N) is 2. The van der Waals surface area contributed by atoms with Crippen molar-refractivity contribution < 1.29 is 0 Å². The average molecular weight is 210 g/mol. The van der Waals surface area contributed by atoms with E-state index in [4.69, 9.17) is 12.2 Å². The van der Waals surface area contributed by atoms with Gasteiger partial charge in [0.25, 0.3) is 0 Å². The number of hydrogen-bond acceptors (Lipinski definition) is 5. The number of hydrogen-bond donors (Lipinski definition) is 2. The molecular formula is C5H6N8S. The summed E-state index contributed by atoms with van der Waals surface area (Å²) < 4.78 is 3.03. The molecule has 0 spiro atoms. The average Bonchev–Trinajstić information content (AvgIpc) is 2.76. The summed E-state index contributed by atoms with van der Waals surface area (Å²) in [5.74, 6) is 0. The molecule has 0 aliphatic heterocycles. The molecule has 0 saturated carbocycles. The van der Waals surface area contributed by atoms with Crippen LogP contribution < -0.4 is 10.9 Å². The van der Waals surface area contributed by atoms with E-state index in [0.717, 1.165) is 0 Å². The first-order valence-corrected chi connectivity index (χ1v) is 4.03. The summed E-state index contributed by atoms with van der Waals surface area (Å²) in [5, 5.41) is 14.8. The molecule has 9 heteroatoms. The largest absolute Gasteiger partial charge is 0.266 e. The molecule has 0 atom stereocenters. The maximum absolute atomic E-state index is 4.97. The lowest BCUT2D eigenvalue weighted by atomic mass is 11.1. The molecule has 0 radical (unpaired) electrons. The molecule has 2 aromatic heterocycles. The van der Waals surface area contributed by atoms with E-state index >= 15 is 0 Å². The summed E-state index contributed by atoms with van der Waals surface area (Å²) in [6, 6.07) is 0. The number of aromatic nitrogens is 6. The van der Waals surface area contributed by atoms with Crippen molar-refractivity contribution in [1.29, 1.82) is 0 Å². The lowest BCUT2D eigenvalue weighted by molar-refractivity contribution is 0.931. The fraction of sp³-hybridized carbons (Fsp3) is 0. The van der Waals surface area contributed by atoms with Crippen molar-refractivity contribution in [3.63, 3.8) is 0 Å². The lowest BCUT2D eigenvalue weighted by Gasteiger charge is -2.09. The predicted molar refractivity (Wildman–Crippen MR) is 51.4 cm³/mol. The van der Waals surface area contributed by atoms with Gasteiger partial charge in [0.1, 0.15) is 25.3 Å². The first-order chi connectivity index (χ1) is 6.84. The van der Waals surface area contributed by atoms with Crippen LogP contribution in [0.3, 0.4) is 0 Å². The minimum atomic E-state index is 0.379. The molecule has 0 bridgehead atoms. The predicted octanol–water partition coefficient (Wildman–Crippen LogP) is -1.06. The van der Waals surface area contributed by atoms with Crippen LogP contribution in [0.1, 0.15) is 0 Å². The summed E-state index contributed by atoms with van der Waals surface area (Å²) >= 11 is 4.97. The van der Waals surface area contributed by atoms with Gasteiger partial charge in [-0.2, -0.15) is 0 Å². The van der Waals surface area contributed by atoms with Gasteiger partial charge >= 0.3 is 0 Å². The second-order valence-electron chi connectivity index (χ2n) is 2.29. The van der Waals surface area contributed by atoms with Crippen LogP contribution in [-0.2, 0) is 0 Å². The van der Waals surface area contributed by atoms with Crippen molar-refractivity contribution in [2.75, 3.05) is 10.9 Å². The summed E-state index contributed by atoms with van der Waals surface area (Å²) in [5.41, 5.74) is 5.59. The van der Waals surface area contributed by atoms with E-state index in [9.17, 15) is 0 Å². The molecule has 0 aliphatic rings. The molecule has 72 valence electrons. The molecule has 0 fully saturated rings. The van der Waals surface area contributed by atoms with Crippen molar-refractivity contribution in [2.45, 2.75) is 0 Å². The molecule has 2 heterocycles. The Hall–Kier alpha value is -2.03. The SMILES string of the molecule is S=C(Nn1cnnc1)Nn1cnnc1. The van der Waals surface area contributed by atoms with Crippen molar-refractivity contribution in [2.24, 2.45) is 0 Å². The van der Waals surface area contributed by atoms with E-state index in [2.05, 4.69) is 31.2 Å². The highest BCUT2D eigenvalue weighted by Crippen LogP contribution is 1.80. The Bertz CT molecular complexity index is 353. The van der Waals surface area contributed by atoms with Crippen molar-refractivity contribution >= 4 is 17.3 Å². The van der Waals surface area contributed by atoms with Gasteiger partial charge in [0.15, 0.2) is 0 Å². The van der Waals surface area contributed by atoms with Gasteiger partial charge in [-0.1, -0.05) is 0 Å². The number of rotatable bonds is 2. The second kappa shape index (κ2) is 3.79. The second-order valence-corrected chi connectivity index (χ2v) is 2.70. The molecule has 8 nitrogen and oxygen atoms in total. The van der Waals surface area contributed by atoms with Crippen molar-refractivity contribution in [3.8, 4) is 0 Å². The van der Waals surface area contributed by atoms with Crippen LogP contribution in [0, 0.1) is 0 Å². The Morgan fingerprint density at radius 1 is 0.857 bits per heavy atom. The van der Waals surface area contributed by atoms with Gasteiger partial charge < -0.3 is 0 Å². The van der Waals surface area contributed by atoms with Crippen LogP contribution >= 0.6 is 12.2 Å². The number of nitrogens with zero attached hydrogens (tertiary/aromatic N) is 6. The standard InChI is InChI=1S/C5H6N8S/c14-5(10-12-1-6-7-2-12)11-13-3-8-9-4-13/h1-4H,(H2,10,11,14). The zero-order chi connectivity index (χ0) is 9.80. The first-order valence-electron chi connectivity index (χ1n) is 3.62. The summed E-state index contributed by atoms with van der Waals surface area (Å²) in [6.07, 6.45) is 5.94. The highest BCUT2D eigenvalue weighted by atomic mass is 32.1. The molecular weight excluding hydrogens is 204 g/mol. The Balaban J connectivity index is 1.91. The van der Waals surface area contributed by atoms with Crippen LogP contribution in [0.5, 0.6) is 0 Å². The quantitative estimate of drug-likeness (QED) is 0.611. The van der Waals surface area contributed by atoms with Gasteiger partial charge in [-0.3, -0.25) is 10.9 Å². The normalized spacial score (nSPS) is 9.71. The zero-order valence-electron chi connectivity index (χ0n) is 6.90. The Kier molecular flexibility index (Phi) is 2.32. The van der Waals surface area contributed by atoms with Gasteiger partial charge in [-0.05, 0) is 12.2 Å². The van der Waals surface area contributed by atoms with Crippen LogP contribution in [0.4, 0.5) is 0 Å². The highest BCUT2D eigenvalue weighted by molar-refractivity contribution is 7.80. The van der Waals surface area contributed by atoms with E-state index in [0.29, 0.717) is 5.11 Å². The van der Waals surface area contributed by atoms with Gasteiger partial charge in [0.05, 0.1) is 0 Å². The third-order valence-electron chi connectivity index (χ3n) is 1.30. The molecule has 0 unspecified atom stereocenters. The van der Waals surface area contributed by atoms with E-state index < -0.39 is 0 Å². The van der Waals surface area contributed by atoms with E-state index in [1.807, 2.05) is 0 Å². The maximum Gasteiger partial charge on any atom is 0.205 e. The summed E-state index contributed by atoms with van der Waals surface area (Å²) in [4.78, 5) is 0. The maximum atomic E-state index is 4.97. The topological polar surface area (TPSA) is 85.5 Å². The summed E-state index contributed by atoms with van der Waals surface area (Å²) in [6.45, 7) is 0. The third kappa shape index (κ3) is 2.01. The van der Waals surface area contributed by atoms with Gasteiger partial charge in [0, 0.05) is 0 Å². The van der Waals surface area contributed by atoms with E-state index in [-0.39, 0.29) is 0 Å². The molecule has 2 aromatic rings. The van der Waals surface area contributed by atoms with Crippen LogP contribution in [0.15, 0.2) is 25.3 Å². The fourth-order valence-electron chi connectivity index (χ4n) is 0.776. The molecule has 0 saturated heterocycles. The lowest BCUT2D eigenvalue weighted by Crippen LogP contribution is -2.31. The molecule has 0 aromatic carbocycles. The smallest absolute Gasteiger partial charge is 0.205 e. The van der Waals surface area contributed by atoms with Crippen molar-refractivity contribution in [1.82, 2.24) is 29.7 Å². The molecule has 14 heavy (non-hydrogen) atoms. The molecule has 2 rings (SSSR count).